The number of rotatable bonds is 6. The van der Waals surface area contributed by atoms with Gasteiger partial charge in [-0.2, -0.15) is 0 Å². The summed E-state index contributed by atoms with van der Waals surface area (Å²) >= 11 is 0. The molecule has 1 aliphatic rings. The molecule has 4 N–H and O–H groups in total. The minimum Gasteiger partial charge on any atom is -0.366 e. The van der Waals surface area contributed by atoms with E-state index in [1.165, 1.54) is 5.56 Å². The number of para-hydroxylation sites is 1. The number of benzene rings is 3. The monoisotopic (exact) mass is 442 g/mol. The number of carbonyl (C=O) groups excluding carboxylic acids is 3. The zero-order valence-corrected chi connectivity index (χ0v) is 18.2. The molecule has 4 rings (SSSR count). The Hall–Kier alpha value is -4.13. The van der Waals surface area contributed by atoms with E-state index >= 15 is 0 Å². The van der Waals surface area contributed by atoms with Gasteiger partial charge < -0.3 is 21.3 Å². The Bertz CT molecular complexity index is 1170. The lowest BCUT2D eigenvalue weighted by atomic mass is 10.0. The lowest BCUT2D eigenvalue weighted by Crippen LogP contribution is -2.36. The van der Waals surface area contributed by atoms with Crippen molar-refractivity contribution in [2.45, 2.75) is 25.8 Å². The average molecular weight is 443 g/mol. The standard InChI is InChI=1S/C26H26N4O3/c27-25(32)21-7-3-5-19(15-21)17-28-26(33)29-22-12-10-18(11-13-22)16-24(31)30-14-4-8-20-6-1-2-9-23(20)30/h1-3,5-7,9-13,15H,4,8,14,16-17H2,(H2,27,32)(H2,28,29,33). The number of aryl methyl sites for hydroxylation is 1. The molecule has 7 heteroatoms. The third kappa shape index (κ3) is 5.57. The molecule has 7 nitrogen and oxygen atoms in total. The number of urea groups is 1. The smallest absolute Gasteiger partial charge is 0.319 e. The van der Waals surface area contributed by atoms with Crippen LogP contribution in [-0.4, -0.2) is 24.4 Å². The maximum atomic E-state index is 12.9. The minimum absolute atomic E-state index is 0.0683. The van der Waals surface area contributed by atoms with E-state index in [0.29, 0.717) is 17.7 Å². The van der Waals surface area contributed by atoms with Crippen molar-refractivity contribution < 1.29 is 14.4 Å². The molecule has 1 heterocycles. The van der Waals surface area contributed by atoms with E-state index in [4.69, 9.17) is 5.73 Å². The molecular weight excluding hydrogens is 416 g/mol. The second-order valence-electron chi connectivity index (χ2n) is 8.02. The largest absolute Gasteiger partial charge is 0.366 e. The van der Waals surface area contributed by atoms with Gasteiger partial charge in [-0.25, -0.2) is 4.79 Å². The van der Waals surface area contributed by atoms with Gasteiger partial charge in [0.05, 0.1) is 6.42 Å². The van der Waals surface area contributed by atoms with Crippen molar-refractivity contribution >= 4 is 29.2 Å². The number of anilines is 2. The number of nitrogens with two attached hydrogens (primary N) is 1. The van der Waals surface area contributed by atoms with Gasteiger partial charge in [0.15, 0.2) is 0 Å². The van der Waals surface area contributed by atoms with E-state index in [1.54, 1.807) is 36.4 Å². The Morgan fingerprint density at radius 1 is 0.909 bits per heavy atom. The van der Waals surface area contributed by atoms with Gasteiger partial charge in [-0.1, -0.05) is 42.5 Å². The first-order valence-electron chi connectivity index (χ1n) is 10.9. The fourth-order valence-corrected chi connectivity index (χ4v) is 3.96. The van der Waals surface area contributed by atoms with E-state index in [-0.39, 0.29) is 18.5 Å². The van der Waals surface area contributed by atoms with Gasteiger partial charge in [0.1, 0.15) is 0 Å². The fraction of sp³-hybridized carbons (Fsp3) is 0.192. The molecule has 0 unspecified atom stereocenters. The number of amides is 4. The second-order valence-corrected chi connectivity index (χ2v) is 8.02. The van der Waals surface area contributed by atoms with Gasteiger partial charge >= 0.3 is 6.03 Å². The number of hydrogen-bond acceptors (Lipinski definition) is 3. The highest BCUT2D eigenvalue weighted by molar-refractivity contribution is 5.96. The molecule has 0 atom stereocenters. The second kappa shape index (κ2) is 9.99. The Morgan fingerprint density at radius 2 is 1.70 bits per heavy atom. The Labute approximate surface area is 192 Å². The summed E-state index contributed by atoms with van der Waals surface area (Å²) in [5, 5.41) is 5.52. The number of primary amides is 1. The molecule has 3 aromatic carbocycles. The molecule has 0 aromatic heterocycles. The lowest BCUT2D eigenvalue weighted by Gasteiger charge is -2.29. The van der Waals surface area contributed by atoms with E-state index in [9.17, 15) is 14.4 Å². The molecule has 0 saturated carbocycles. The first-order chi connectivity index (χ1) is 16.0. The van der Waals surface area contributed by atoms with Crippen molar-refractivity contribution in [1.29, 1.82) is 0 Å². The highest BCUT2D eigenvalue weighted by Gasteiger charge is 2.22. The molecule has 3 aromatic rings. The van der Waals surface area contributed by atoms with Crippen molar-refractivity contribution in [2.75, 3.05) is 16.8 Å². The molecule has 0 aliphatic carbocycles. The van der Waals surface area contributed by atoms with E-state index in [1.807, 2.05) is 35.2 Å². The Kier molecular flexibility index (Phi) is 6.69. The van der Waals surface area contributed by atoms with Gasteiger partial charge in [0.25, 0.3) is 0 Å². The normalized spacial score (nSPS) is 12.5. The van der Waals surface area contributed by atoms with Crippen LogP contribution in [0.2, 0.25) is 0 Å². The molecule has 4 amide bonds. The van der Waals surface area contributed by atoms with Crippen LogP contribution < -0.4 is 21.3 Å². The van der Waals surface area contributed by atoms with Gasteiger partial charge in [-0.15, -0.1) is 0 Å². The molecular formula is C26H26N4O3. The van der Waals surface area contributed by atoms with Crippen molar-refractivity contribution in [3.05, 3.63) is 95.1 Å². The number of nitrogens with zero attached hydrogens (tertiary/aromatic N) is 1. The minimum atomic E-state index is -0.510. The molecule has 0 fully saturated rings. The predicted octanol–water partition coefficient (Wildman–Crippen LogP) is 3.63. The Balaban J connectivity index is 1.30. The summed E-state index contributed by atoms with van der Waals surface area (Å²) in [4.78, 5) is 38.2. The predicted molar refractivity (Wildman–Crippen MR) is 128 cm³/mol. The first-order valence-corrected chi connectivity index (χ1v) is 10.9. The number of carbonyl (C=O) groups is 3. The van der Waals surface area contributed by atoms with Gasteiger partial charge in [-0.3, -0.25) is 9.59 Å². The summed E-state index contributed by atoms with van der Waals surface area (Å²) in [7, 11) is 0. The third-order valence-corrected chi connectivity index (χ3v) is 5.64. The molecule has 168 valence electrons. The summed E-state index contributed by atoms with van der Waals surface area (Å²) in [6.45, 7) is 0.995. The number of nitrogens with one attached hydrogen (secondary N) is 2. The van der Waals surface area contributed by atoms with Gasteiger partial charge in [-0.05, 0) is 59.9 Å². The van der Waals surface area contributed by atoms with E-state index in [0.717, 1.165) is 36.2 Å². The first kappa shape index (κ1) is 22.1. The van der Waals surface area contributed by atoms with E-state index in [2.05, 4.69) is 16.7 Å². The van der Waals surface area contributed by atoms with Gasteiger partial charge in [0, 0.05) is 30.0 Å². The van der Waals surface area contributed by atoms with Crippen molar-refractivity contribution in [3.63, 3.8) is 0 Å². The summed E-state index contributed by atoms with van der Waals surface area (Å²) < 4.78 is 0. The molecule has 0 saturated heterocycles. The van der Waals surface area contributed by atoms with Crippen LogP contribution in [0.4, 0.5) is 16.2 Å². The van der Waals surface area contributed by atoms with Crippen molar-refractivity contribution in [2.24, 2.45) is 5.73 Å². The van der Waals surface area contributed by atoms with Crippen LogP contribution >= 0.6 is 0 Å². The van der Waals surface area contributed by atoms with Crippen molar-refractivity contribution in [1.82, 2.24) is 5.32 Å². The molecule has 0 bridgehead atoms. The van der Waals surface area contributed by atoms with Crippen LogP contribution in [0.1, 0.15) is 33.5 Å². The van der Waals surface area contributed by atoms with Crippen molar-refractivity contribution in [3.8, 4) is 0 Å². The average Bonchev–Trinajstić information content (AvgIpc) is 2.83. The summed E-state index contributed by atoms with van der Waals surface area (Å²) in [6.07, 6.45) is 2.27. The topological polar surface area (TPSA) is 105 Å². The highest BCUT2D eigenvalue weighted by atomic mass is 16.2. The van der Waals surface area contributed by atoms with Crippen LogP contribution in [0, 0.1) is 0 Å². The lowest BCUT2D eigenvalue weighted by molar-refractivity contribution is -0.118. The third-order valence-electron chi connectivity index (χ3n) is 5.64. The quantitative estimate of drug-likeness (QED) is 0.543. The van der Waals surface area contributed by atoms with E-state index < -0.39 is 5.91 Å². The molecule has 0 radical (unpaired) electrons. The maximum absolute atomic E-state index is 12.9. The number of hydrogen-bond donors (Lipinski definition) is 3. The zero-order chi connectivity index (χ0) is 23.2. The van der Waals surface area contributed by atoms with Crippen LogP contribution in [0.5, 0.6) is 0 Å². The van der Waals surface area contributed by atoms with Crippen LogP contribution in [0.15, 0.2) is 72.8 Å². The zero-order valence-electron chi connectivity index (χ0n) is 18.2. The maximum Gasteiger partial charge on any atom is 0.319 e. The number of fused-ring (bicyclic) bond motifs is 1. The van der Waals surface area contributed by atoms with Crippen LogP contribution in [0.3, 0.4) is 0 Å². The summed E-state index contributed by atoms with van der Waals surface area (Å²) in [5.74, 6) is -0.442. The summed E-state index contributed by atoms with van der Waals surface area (Å²) in [5.41, 5.74) is 10.2. The SMILES string of the molecule is NC(=O)c1cccc(CNC(=O)Nc2ccc(CC(=O)N3CCCc4ccccc43)cc2)c1. The fourth-order valence-electron chi connectivity index (χ4n) is 3.96. The molecule has 0 spiro atoms. The highest BCUT2D eigenvalue weighted by Crippen LogP contribution is 2.27. The molecule has 1 aliphatic heterocycles. The van der Waals surface area contributed by atoms with Crippen LogP contribution in [0.25, 0.3) is 0 Å². The summed E-state index contributed by atoms with van der Waals surface area (Å²) in [6, 6.07) is 21.7. The van der Waals surface area contributed by atoms with Crippen LogP contribution in [-0.2, 0) is 24.2 Å². The van der Waals surface area contributed by atoms with Gasteiger partial charge in [0.2, 0.25) is 11.8 Å². The Morgan fingerprint density at radius 3 is 2.48 bits per heavy atom. The molecule has 33 heavy (non-hydrogen) atoms.